The van der Waals surface area contributed by atoms with Crippen LogP contribution in [0.15, 0.2) is 12.2 Å². The fraction of sp³-hybridized carbons (Fsp3) is 0.737. The number of rotatable bonds is 0. The number of cyclic esters (lactones) is 1. The number of ketones is 2. The van der Waals surface area contributed by atoms with Gasteiger partial charge in [-0.25, -0.2) is 0 Å². The predicted octanol–water partition coefficient (Wildman–Crippen LogP) is 1.84. The Labute approximate surface area is 140 Å². The number of esters is 1. The van der Waals surface area contributed by atoms with Crippen molar-refractivity contribution in [3.8, 4) is 0 Å². The predicted molar refractivity (Wildman–Crippen MR) is 82.9 cm³/mol. The SMILES string of the molecule is C[C@@H]1C(=O)[C@]23C[C@H]1CC[C@@]21C(=O)OC[C@]12C(=O)C=CC(C)(C)[C@H]2O3. The van der Waals surface area contributed by atoms with Crippen LogP contribution in [-0.4, -0.2) is 35.8 Å². The van der Waals surface area contributed by atoms with E-state index in [2.05, 4.69) is 0 Å². The molecule has 0 aromatic carbocycles. The van der Waals surface area contributed by atoms with Gasteiger partial charge in [0.2, 0.25) is 0 Å². The summed E-state index contributed by atoms with van der Waals surface area (Å²) in [7, 11) is 0. The van der Waals surface area contributed by atoms with Gasteiger partial charge in [0.05, 0.1) is 6.10 Å². The second-order valence-electron chi connectivity index (χ2n) is 8.95. The van der Waals surface area contributed by atoms with Crippen molar-refractivity contribution in [2.75, 3.05) is 6.61 Å². The number of allylic oxidation sites excluding steroid dienone is 1. The zero-order chi connectivity index (χ0) is 17.1. The Bertz CT molecular complexity index is 736. The number of fused-ring (bicyclic) bond motifs is 1. The Morgan fingerprint density at radius 1 is 1.21 bits per heavy atom. The molecule has 3 aliphatic carbocycles. The fourth-order valence-corrected chi connectivity index (χ4v) is 6.56. The second kappa shape index (κ2) is 3.85. The Kier molecular flexibility index (Phi) is 2.37. The van der Waals surface area contributed by atoms with Gasteiger partial charge < -0.3 is 9.47 Å². The summed E-state index contributed by atoms with van der Waals surface area (Å²) in [5.74, 6) is -0.395. The lowest BCUT2D eigenvalue weighted by Crippen LogP contribution is -2.61. The highest BCUT2D eigenvalue weighted by atomic mass is 16.6. The van der Waals surface area contributed by atoms with Crippen LogP contribution in [0.2, 0.25) is 0 Å². The highest BCUT2D eigenvalue weighted by Gasteiger charge is 2.88. The Balaban J connectivity index is 1.84. The van der Waals surface area contributed by atoms with Crippen molar-refractivity contribution in [2.24, 2.45) is 28.1 Å². The molecule has 2 saturated heterocycles. The molecular weight excluding hydrogens is 308 g/mol. The van der Waals surface area contributed by atoms with Crippen LogP contribution in [0.3, 0.4) is 0 Å². The van der Waals surface area contributed by atoms with Gasteiger partial charge in [-0.05, 0) is 31.3 Å². The molecule has 5 rings (SSSR count). The number of hydrogen-bond donors (Lipinski definition) is 0. The van der Waals surface area contributed by atoms with Gasteiger partial charge in [-0.2, -0.15) is 0 Å². The summed E-state index contributed by atoms with van der Waals surface area (Å²) in [6, 6.07) is 0. The number of hydrogen-bond acceptors (Lipinski definition) is 5. The maximum Gasteiger partial charge on any atom is 0.316 e. The molecule has 0 radical (unpaired) electrons. The molecule has 3 spiro atoms. The molecule has 6 atom stereocenters. The van der Waals surface area contributed by atoms with Crippen molar-refractivity contribution in [3.05, 3.63) is 12.2 Å². The Morgan fingerprint density at radius 2 is 1.96 bits per heavy atom. The average molecular weight is 330 g/mol. The van der Waals surface area contributed by atoms with Crippen LogP contribution in [0.5, 0.6) is 0 Å². The monoisotopic (exact) mass is 330 g/mol. The third-order valence-corrected chi connectivity index (χ3v) is 7.74. The van der Waals surface area contributed by atoms with E-state index in [0.29, 0.717) is 12.8 Å². The third kappa shape index (κ3) is 1.15. The first kappa shape index (κ1) is 14.8. The molecule has 0 unspecified atom stereocenters. The van der Waals surface area contributed by atoms with Gasteiger partial charge in [0.15, 0.2) is 11.6 Å². The molecule has 0 amide bonds. The van der Waals surface area contributed by atoms with E-state index in [1.807, 2.05) is 26.8 Å². The van der Waals surface area contributed by atoms with E-state index in [-0.39, 0.29) is 30.0 Å². The molecule has 0 aromatic heterocycles. The summed E-state index contributed by atoms with van der Waals surface area (Å²) in [6.45, 7) is 5.99. The molecule has 4 fully saturated rings. The lowest BCUT2D eigenvalue weighted by atomic mass is 9.48. The van der Waals surface area contributed by atoms with Crippen molar-refractivity contribution >= 4 is 17.5 Å². The first-order valence-corrected chi connectivity index (χ1v) is 8.86. The lowest BCUT2D eigenvalue weighted by Gasteiger charge is -2.46. The molecule has 2 bridgehead atoms. The summed E-state index contributed by atoms with van der Waals surface area (Å²) in [6.07, 6.45) is 4.77. The number of Topliss-reactive ketones (excluding diaryl/α,β-unsaturated/α-hetero) is 1. The van der Waals surface area contributed by atoms with Crippen molar-refractivity contribution < 1.29 is 23.9 Å². The smallest absolute Gasteiger partial charge is 0.316 e. The van der Waals surface area contributed by atoms with Crippen LogP contribution in [0.25, 0.3) is 0 Å². The van der Waals surface area contributed by atoms with Crippen molar-refractivity contribution in [2.45, 2.75) is 51.7 Å². The Morgan fingerprint density at radius 3 is 2.71 bits per heavy atom. The lowest BCUT2D eigenvalue weighted by molar-refractivity contribution is -0.175. The topological polar surface area (TPSA) is 69.7 Å². The van der Waals surface area contributed by atoms with Crippen LogP contribution in [0, 0.1) is 28.1 Å². The van der Waals surface area contributed by atoms with Gasteiger partial charge in [-0.3, -0.25) is 14.4 Å². The summed E-state index contributed by atoms with van der Waals surface area (Å²) in [5.41, 5.74) is -3.79. The fourth-order valence-electron chi connectivity index (χ4n) is 6.56. The van der Waals surface area contributed by atoms with E-state index < -0.39 is 33.9 Å². The van der Waals surface area contributed by atoms with Crippen LogP contribution in [0.4, 0.5) is 0 Å². The molecule has 5 heteroatoms. The van der Waals surface area contributed by atoms with Gasteiger partial charge in [0.25, 0.3) is 0 Å². The normalized spacial score (nSPS) is 53.6. The van der Waals surface area contributed by atoms with Crippen molar-refractivity contribution in [1.29, 1.82) is 0 Å². The largest absolute Gasteiger partial charge is 0.464 e. The summed E-state index contributed by atoms with van der Waals surface area (Å²) >= 11 is 0. The zero-order valence-electron chi connectivity index (χ0n) is 14.3. The van der Waals surface area contributed by atoms with Gasteiger partial charge >= 0.3 is 5.97 Å². The minimum Gasteiger partial charge on any atom is -0.464 e. The minimum atomic E-state index is -1.17. The van der Waals surface area contributed by atoms with Gasteiger partial charge in [-0.15, -0.1) is 0 Å². The Hall–Kier alpha value is -1.49. The van der Waals surface area contributed by atoms with E-state index in [4.69, 9.17) is 9.47 Å². The van der Waals surface area contributed by atoms with Gasteiger partial charge in [0.1, 0.15) is 23.0 Å². The molecule has 0 N–H and O–H groups in total. The van der Waals surface area contributed by atoms with Crippen LogP contribution >= 0.6 is 0 Å². The first-order valence-electron chi connectivity index (χ1n) is 8.86. The van der Waals surface area contributed by atoms with E-state index >= 15 is 0 Å². The molecule has 2 aliphatic heterocycles. The average Bonchev–Trinajstić information content (AvgIpc) is 3.07. The zero-order valence-corrected chi connectivity index (χ0v) is 14.3. The quantitative estimate of drug-likeness (QED) is 0.634. The van der Waals surface area contributed by atoms with Gasteiger partial charge in [0, 0.05) is 11.3 Å². The first-order chi connectivity index (χ1) is 11.2. The van der Waals surface area contributed by atoms with Crippen molar-refractivity contribution in [1.82, 2.24) is 0 Å². The number of ether oxygens (including phenoxy) is 2. The van der Waals surface area contributed by atoms with Crippen LogP contribution in [0.1, 0.15) is 40.0 Å². The minimum absolute atomic E-state index is 0.00113. The van der Waals surface area contributed by atoms with E-state index in [9.17, 15) is 14.4 Å². The van der Waals surface area contributed by atoms with Crippen molar-refractivity contribution in [3.63, 3.8) is 0 Å². The van der Waals surface area contributed by atoms with Crippen LogP contribution in [-0.2, 0) is 23.9 Å². The van der Waals surface area contributed by atoms with E-state index in [0.717, 1.165) is 6.42 Å². The maximum atomic E-state index is 13.3. The molecule has 2 heterocycles. The molecular formula is C19H22O5. The number of carbonyl (C=O) groups excluding carboxylic acids is 3. The molecule has 128 valence electrons. The van der Waals surface area contributed by atoms with Crippen LogP contribution < -0.4 is 0 Å². The molecule has 24 heavy (non-hydrogen) atoms. The highest BCUT2D eigenvalue weighted by Crippen LogP contribution is 2.74. The van der Waals surface area contributed by atoms with E-state index in [1.54, 1.807) is 6.08 Å². The second-order valence-corrected chi connectivity index (χ2v) is 8.95. The summed E-state index contributed by atoms with van der Waals surface area (Å²) < 4.78 is 12.0. The third-order valence-electron chi connectivity index (χ3n) is 7.74. The summed E-state index contributed by atoms with van der Waals surface area (Å²) in [4.78, 5) is 39.4. The molecule has 5 nitrogen and oxygen atoms in total. The molecule has 5 aliphatic rings. The summed E-state index contributed by atoms with van der Waals surface area (Å²) in [5, 5.41) is 0. The van der Waals surface area contributed by atoms with Gasteiger partial charge in [-0.1, -0.05) is 26.8 Å². The standard InChI is InChI=1S/C19H22O5/c1-10-11-4-7-18-15(22)23-9-17(18)12(20)5-6-16(2,3)14(17)24-19(18,8-11)13(10)21/h5-6,10-11,14H,4,7-9H2,1-3H3/t10-,11+,14+,17+,18-,19+/m0/s1. The molecule has 2 saturated carbocycles. The van der Waals surface area contributed by atoms with E-state index in [1.165, 1.54) is 0 Å². The molecule has 0 aromatic rings. The highest BCUT2D eigenvalue weighted by molar-refractivity contribution is 6.09. The number of carbonyl (C=O) groups is 3. The maximum absolute atomic E-state index is 13.3.